The van der Waals surface area contributed by atoms with Gasteiger partial charge in [0.25, 0.3) is 11.4 Å². The number of non-ortho nitro benzene ring substituents is 1. The number of anilines is 2. The molecule has 0 aliphatic rings. The highest BCUT2D eigenvalue weighted by Gasteiger charge is 2.19. The minimum Gasteiger partial charge on any atom is -0.492 e. The Morgan fingerprint density at radius 1 is 1.00 bits per heavy atom. The Kier molecular flexibility index (Phi) is 7.07. The van der Waals surface area contributed by atoms with Crippen molar-refractivity contribution in [3.05, 3.63) is 62.7 Å². The monoisotopic (exact) mass is 374 g/mol. The number of hydrogen-bond donors (Lipinski definition) is 1. The standard InChI is InChI=1S/C18H22N4O5/c1-3-20(4-2)11-12-27-16-8-5-14(6-9-16)19-17-10-7-15(21(23)24)13-18(17)22(25)26/h5-10,13,19H,3-4,11-12H2,1-2H3. The van der Waals surface area contributed by atoms with Gasteiger partial charge in [-0.25, -0.2) is 0 Å². The van der Waals surface area contributed by atoms with Crippen LogP contribution in [0.4, 0.5) is 22.7 Å². The third kappa shape index (κ3) is 5.65. The number of likely N-dealkylation sites (N-methyl/N-ethyl adjacent to an activating group) is 1. The highest BCUT2D eigenvalue weighted by Crippen LogP contribution is 2.31. The van der Waals surface area contributed by atoms with Gasteiger partial charge in [0, 0.05) is 18.3 Å². The van der Waals surface area contributed by atoms with Crippen molar-refractivity contribution in [1.82, 2.24) is 4.90 Å². The molecule has 27 heavy (non-hydrogen) atoms. The Morgan fingerprint density at radius 2 is 1.67 bits per heavy atom. The van der Waals surface area contributed by atoms with Crippen LogP contribution in [0.2, 0.25) is 0 Å². The average Bonchev–Trinajstić information content (AvgIpc) is 2.66. The quantitative estimate of drug-likeness (QED) is 0.495. The summed E-state index contributed by atoms with van der Waals surface area (Å²) in [7, 11) is 0. The van der Waals surface area contributed by atoms with Crippen LogP contribution in [-0.2, 0) is 0 Å². The minimum atomic E-state index is -0.666. The second-order valence-electron chi connectivity index (χ2n) is 5.74. The van der Waals surface area contributed by atoms with E-state index >= 15 is 0 Å². The number of nitrogens with zero attached hydrogens (tertiary/aromatic N) is 3. The van der Waals surface area contributed by atoms with Gasteiger partial charge >= 0.3 is 0 Å². The second kappa shape index (κ2) is 9.48. The summed E-state index contributed by atoms with van der Waals surface area (Å²) in [6, 6.07) is 10.5. The zero-order valence-corrected chi connectivity index (χ0v) is 15.3. The smallest absolute Gasteiger partial charge is 0.299 e. The van der Waals surface area contributed by atoms with Gasteiger partial charge in [-0.2, -0.15) is 0 Å². The molecule has 0 aliphatic carbocycles. The van der Waals surface area contributed by atoms with Gasteiger partial charge < -0.3 is 15.0 Å². The van der Waals surface area contributed by atoms with E-state index < -0.39 is 9.85 Å². The molecule has 0 spiro atoms. The molecule has 0 atom stereocenters. The van der Waals surface area contributed by atoms with Crippen molar-refractivity contribution in [1.29, 1.82) is 0 Å². The molecule has 144 valence electrons. The third-order valence-corrected chi connectivity index (χ3v) is 4.09. The molecule has 2 aromatic carbocycles. The molecule has 0 fully saturated rings. The van der Waals surface area contributed by atoms with Gasteiger partial charge in [0.2, 0.25) is 0 Å². The fraction of sp³-hybridized carbons (Fsp3) is 0.333. The molecular formula is C18H22N4O5. The van der Waals surface area contributed by atoms with Crippen molar-refractivity contribution in [3.63, 3.8) is 0 Å². The van der Waals surface area contributed by atoms with E-state index in [1.165, 1.54) is 12.1 Å². The Morgan fingerprint density at radius 3 is 2.22 bits per heavy atom. The second-order valence-corrected chi connectivity index (χ2v) is 5.74. The molecule has 0 radical (unpaired) electrons. The van der Waals surface area contributed by atoms with Crippen molar-refractivity contribution in [3.8, 4) is 5.75 Å². The van der Waals surface area contributed by atoms with Gasteiger partial charge in [-0.1, -0.05) is 13.8 Å². The maximum atomic E-state index is 11.2. The van der Waals surface area contributed by atoms with Crippen molar-refractivity contribution < 1.29 is 14.6 Å². The summed E-state index contributed by atoms with van der Waals surface area (Å²) in [5.41, 5.74) is 0.108. The summed E-state index contributed by atoms with van der Waals surface area (Å²) >= 11 is 0. The number of rotatable bonds is 10. The summed E-state index contributed by atoms with van der Waals surface area (Å²) < 4.78 is 5.70. The lowest BCUT2D eigenvalue weighted by atomic mass is 10.2. The number of nitro groups is 2. The van der Waals surface area contributed by atoms with E-state index in [1.807, 2.05) is 0 Å². The zero-order chi connectivity index (χ0) is 19.8. The summed E-state index contributed by atoms with van der Waals surface area (Å²) in [5, 5.41) is 24.9. The molecule has 0 saturated heterocycles. The summed E-state index contributed by atoms with van der Waals surface area (Å²) in [4.78, 5) is 22.9. The van der Waals surface area contributed by atoms with E-state index in [-0.39, 0.29) is 17.1 Å². The lowest BCUT2D eigenvalue weighted by molar-refractivity contribution is -0.393. The van der Waals surface area contributed by atoms with E-state index in [1.54, 1.807) is 24.3 Å². The van der Waals surface area contributed by atoms with Crippen LogP contribution in [-0.4, -0.2) is 41.0 Å². The Hall–Kier alpha value is -3.20. The fourth-order valence-corrected chi connectivity index (χ4v) is 2.51. The van der Waals surface area contributed by atoms with Crippen molar-refractivity contribution >= 4 is 22.7 Å². The molecular weight excluding hydrogens is 352 g/mol. The normalized spacial score (nSPS) is 10.6. The van der Waals surface area contributed by atoms with Crippen molar-refractivity contribution in [2.45, 2.75) is 13.8 Å². The molecule has 0 unspecified atom stereocenters. The molecule has 2 aromatic rings. The maximum absolute atomic E-state index is 11.2. The highest BCUT2D eigenvalue weighted by molar-refractivity contribution is 5.71. The first kappa shape index (κ1) is 20.1. The molecule has 9 heteroatoms. The Labute approximate surface area is 156 Å². The molecule has 1 N–H and O–H groups in total. The topological polar surface area (TPSA) is 111 Å². The van der Waals surface area contributed by atoms with E-state index in [0.717, 1.165) is 25.7 Å². The lowest BCUT2D eigenvalue weighted by Crippen LogP contribution is -2.27. The van der Waals surface area contributed by atoms with Gasteiger partial charge in [-0.15, -0.1) is 0 Å². The Balaban J connectivity index is 2.04. The van der Waals surface area contributed by atoms with E-state index in [9.17, 15) is 20.2 Å². The first-order valence-electron chi connectivity index (χ1n) is 8.59. The van der Waals surface area contributed by atoms with E-state index in [0.29, 0.717) is 18.0 Å². The molecule has 0 bridgehead atoms. The number of hydrogen-bond acceptors (Lipinski definition) is 7. The first-order chi connectivity index (χ1) is 12.9. The predicted octanol–water partition coefficient (Wildman–Crippen LogP) is 3.97. The van der Waals surface area contributed by atoms with Crippen LogP contribution in [0.15, 0.2) is 42.5 Å². The van der Waals surface area contributed by atoms with Gasteiger partial charge in [0.15, 0.2) is 0 Å². The minimum absolute atomic E-state index is 0.181. The highest BCUT2D eigenvalue weighted by atomic mass is 16.6. The van der Waals surface area contributed by atoms with Crippen LogP contribution in [0.5, 0.6) is 5.75 Å². The molecule has 0 heterocycles. The first-order valence-corrected chi connectivity index (χ1v) is 8.59. The Bertz CT molecular complexity index is 791. The average molecular weight is 374 g/mol. The predicted molar refractivity (Wildman–Crippen MR) is 103 cm³/mol. The van der Waals surface area contributed by atoms with Crippen LogP contribution in [0.25, 0.3) is 0 Å². The van der Waals surface area contributed by atoms with Gasteiger partial charge in [-0.05, 0) is 43.4 Å². The summed E-state index contributed by atoms with van der Waals surface area (Å²) in [6.07, 6.45) is 0. The maximum Gasteiger partial charge on any atom is 0.299 e. The van der Waals surface area contributed by atoms with Gasteiger partial charge in [-0.3, -0.25) is 20.2 Å². The SMILES string of the molecule is CCN(CC)CCOc1ccc(Nc2ccc([N+](=O)[O-])cc2[N+](=O)[O-])cc1. The number of nitrogens with one attached hydrogen (secondary N) is 1. The van der Waals surface area contributed by atoms with Crippen LogP contribution < -0.4 is 10.1 Å². The largest absolute Gasteiger partial charge is 0.492 e. The van der Waals surface area contributed by atoms with E-state index in [2.05, 4.69) is 24.1 Å². The van der Waals surface area contributed by atoms with Crippen molar-refractivity contribution in [2.75, 3.05) is 31.6 Å². The van der Waals surface area contributed by atoms with Gasteiger partial charge in [0.05, 0.1) is 15.9 Å². The number of ether oxygens (including phenoxy) is 1. The van der Waals surface area contributed by atoms with Crippen LogP contribution in [0.3, 0.4) is 0 Å². The number of benzene rings is 2. The number of nitro benzene ring substituents is 2. The summed E-state index contributed by atoms with van der Waals surface area (Å²) in [5.74, 6) is 0.700. The van der Waals surface area contributed by atoms with Crippen molar-refractivity contribution in [2.24, 2.45) is 0 Å². The molecule has 2 rings (SSSR count). The van der Waals surface area contributed by atoms with Gasteiger partial charge in [0.1, 0.15) is 18.0 Å². The molecule has 9 nitrogen and oxygen atoms in total. The summed E-state index contributed by atoms with van der Waals surface area (Å²) in [6.45, 7) is 7.54. The fourth-order valence-electron chi connectivity index (χ4n) is 2.51. The lowest BCUT2D eigenvalue weighted by Gasteiger charge is -2.18. The third-order valence-electron chi connectivity index (χ3n) is 4.09. The van der Waals surface area contributed by atoms with E-state index in [4.69, 9.17) is 4.74 Å². The molecule has 0 aliphatic heterocycles. The molecule has 0 aromatic heterocycles. The van der Waals surface area contributed by atoms with Crippen LogP contribution in [0.1, 0.15) is 13.8 Å². The zero-order valence-electron chi connectivity index (χ0n) is 15.3. The van der Waals surface area contributed by atoms with Crippen LogP contribution in [0, 0.1) is 20.2 Å². The van der Waals surface area contributed by atoms with Crippen LogP contribution >= 0.6 is 0 Å². The molecule has 0 saturated carbocycles. The molecule has 0 amide bonds.